The van der Waals surface area contributed by atoms with Crippen LogP contribution < -0.4 is 5.32 Å². The minimum absolute atomic E-state index is 0.0242. The molecule has 1 amide bonds. The molecule has 1 aliphatic carbocycles. The molecular formula is C13H14Cl2N2O. The first-order chi connectivity index (χ1) is 8.43. The molecule has 0 saturated heterocycles. The van der Waals surface area contributed by atoms with Crippen LogP contribution in [0.15, 0.2) is 35.1 Å². The van der Waals surface area contributed by atoms with Gasteiger partial charge in [0.25, 0.3) is 0 Å². The van der Waals surface area contributed by atoms with E-state index in [9.17, 15) is 4.79 Å². The lowest BCUT2D eigenvalue weighted by Crippen LogP contribution is -2.16. The summed E-state index contributed by atoms with van der Waals surface area (Å²) in [7, 11) is 0. The van der Waals surface area contributed by atoms with Gasteiger partial charge in [-0.05, 0) is 29.5 Å². The molecule has 18 heavy (non-hydrogen) atoms. The van der Waals surface area contributed by atoms with Crippen molar-refractivity contribution in [1.82, 2.24) is 4.98 Å². The van der Waals surface area contributed by atoms with Crippen LogP contribution in [0.5, 0.6) is 0 Å². The summed E-state index contributed by atoms with van der Waals surface area (Å²) in [5, 5.41) is 2.85. The molecule has 0 unspecified atom stereocenters. The van der Waals surface area contributed by atoms with E-state index in [1.165, 1.54) is 0 Å². The number of anilines is 1. The molecule has 1 heterocycles. The second kappa shape index (κ2) is 4.90. The average Bonchev–Trinajstić information content (AvgIpc) is 2.80. The molecule has 1 fully saturated rings. The minimum Gasteiger partial charge on any atom is -0.324 e. The van der Waals surface area contributed by atoms with Crippen LogP contribution in [0, 0.1) is 17.3 Å². The quantitative estimate of drug-likeness (QED) is 0.921. The molecule has 0 radical (unpaired) electrons. The fourth-order valence-electron chi connectivity index (χ4n) is 2.28. The maximum absolute atomic E-state index is 12.1. The van der Waals surface area contributed by atoms with Gasteiger partial charge in [0.2, 0.25) is 5.91 Å². The van der Waals surface area contributed by atoms with Gasteiger partial charge in [0.05, 0.1) is 17.8 Å². The van der Waals surface area contributed by atoms with Crippen LogP contribution >= 0.6 is 23.2 Å². The number of nitrogens with zero attached hydrogens (tertiary/aromatic N) is 1. The number of nitrogens with one attached hydrogen (secondary N) is 1. The summed E-state index contributed by atoms with van der Waals surface area (Å²) in [6.45, 7) is 4.05. The van der Waals surface area contributed by atoms with Crippen LogP contribution in [0.4, 0.5) is 5.69 Å². The van der Waals surface area contributed by atoms with Crippen LogP contribution in [-0.4, -0.2) is 10.9 Å². The maximum Gasteiger partial charge on any atom is 0.228 e. The van der Waals surface area contributed by atoms with Crippen molar-refractivity contribution in [2.75, 3.05) is 5.32 Å². The average molecular weight is 285 g/mol. The lowest BCUT2D eigenvalue weighted by molar-refractivity contribution is -0.118. The summed E-state index contributed by atoms with van der Waals surface area (Å²) in [6.07, 6.45) is 5.01. The second-order valence-electron chi connectivity index (χ2n) is 5.01. The topological polar surface area (TPSA) is 42.0 Å². The van der Waals surface area contributed by atoms with Crippen molar-refractivity contribution < 1.29 is 4.79 Å². The summed E-state index contributed by atoms with van der Waals surface area (Å²) < 4.78 is 0.213. The Kier molecular flexibility index (Phi) is 3.64. The monoisotopic (exact) mass is 284 g/mol. The Hall–Kier alpha value is -1.06. The standard InChI is InChI=1S/C13H14Cl2N2O/c1-13(2)9(6-10(14)15)11(13)12(18)17-8-4-3-5-16-7-8/h3-7,9,11H,1-2H3,(H,17,18)/t9-,11-/m1/s1. The number of allylic oxidation sites excluding steroid dienone is 1. The van der Waals surface area contributed by atoms with Crippen molar-refractivity contribution in [3.05, 3.63) is 35.1 Å². The highest BCUT2D eigenvalue weighted by atomic mass is 35.5. The summed E-state index contributed by atoms with van der Waals surface area (Å²) in [6, 6.07) is 3.58. The highest BCUT2D eigenvalue weighted by Crippen LogP contribution is 2.59. The smallest absolute Gasteiger partial charge is 0.228 e. The summed E-state index contributed by atoms with van der Waals surface area (Å²) in [5.74, 6) is -0.0480. The molecule has 0 spiro atoms. The van der Waals surface area contributed by atoms with Crippen LogP contribution in [0.2, 0.25) is 0 Å². The number of hydrogen-bond donors (Lipinski definition) is 1. The molecule has 96 valence electrons. The molecule has 1 saturated carbocycles. The number of carbonyl (C=O) groups is 1. The highest BCUT2D eigenvalue weighted by molar-refractivity contribution is 6.55. The van der Waals surface area contributed by atoms with Crippen molar-refractivity contribution in [3.63, 3.8) is 0 Å². The molecule has 1 aromatic heterocycles. The Morgan fingerprint density at radius 3 is 2.78 bits per heavy atom. The van der Waals surface area contributed by atoms with Crippen LogP contribution in [0.3, 0.4) is 0 Å². The zero-order chi connectivity index (χ0) is 13.3. The van der Waals surface area contributed by atoms with Gasteiger partial charge >= 0.3 is 0 Å². The number of pyridine rings is 1. The van der Waals surface area contributed by atoms with Gasteiger partial charge in [-0.3, -0.25) is 9.78 Å². The number of amides is 1. The SMILES string of the molecule is CC1(C)[C@H](C=C(Cl)Cl)[C@@H]1C(=O)Nc1cccnc1. The van der Waals surface area contributed by atoms with Crippen molar-refractivity contribution in [2.24, 2.45) is 17.3 Å². The highest BCUT2D eigenvalue weighted by Gasteiger charge is 2.60. The Labute approximate surface area is 116 Å². The molecule has 2 atom stereocenters. The van der Waals surface area contributed by atoms with Gasteiger partial charge in [0, 0.05) is 6.20 Å². The van der Waals surface area contributed by atoms with Gasteiger partial charge in [-0.25, -0.2) is 0 Å². The molecule has 0 aromatic carbocycles. The zero-order valence-corrected chi connectivity index (χ0v) is 11.7. The number of rotatable bonds is 3. The molecular weight excluding hydrogens is 271 g/mol. The van der Waals surface area contributed by atoms with E-state index in [1.807, 2.05) is 13.8 Å². The van der Waals surface area contributed by atoms with Gasteiger partial charge in [0.1, 0.15) is 4.49 Å². The van der Waals surface area contributed by atoms with E-state index >= 15 is 0 Å². The molecule has 5 heteroatoms. The predicted octanol–water partition coefficient (Wildman–Crippen LogP) is 3.61. The second-order valence-corrected chi connectivity index (χ2v) is 6.02. The van der Waals surface area contributed by atoms with E-state index in [4.69, 9.17) is 23.2 Å². The Bertz CT molecular complexity index is 481. The first-order valence-electron chi connectivity index (χ1n) is 5.66. The normalized spacial score (nSPS) is 24.2. The third-order valence-electron chi connectivity index (χ3n) is 3.43. The maximum atomic E-state index is 12.1. The first kappa shape index (κ1) is 13.4. The van der Waals surface area contributed by atoms with Gasteiger partial charge in [-0.15, -0.1) is 0 Å². The van der Waals surface area contributed by atoms with Crippen molar-refractivity contribution in [2.45, 2.75) is 13.8 Å². The summed E-state index contributed by atoms with van der Waals surface area (Å²) in [4.78, 5) is 16.1. The van der Waals surface area contributed by atoms with E-state index < -0.39 is 0 Å². The lowest BCUT2D eigenvalue weighted by atomic mass is 10.1. The Morgan fingerprint density at radius 1 is 1.50 bits per heavy atom. The van der Waals surface area contributed by atoms with Crippen LogP contribution in [0.25, 0.3) is 0 Å². The van der Waals surface area contributed by atoms with E-state index in [2.05, 4.69) is 10.3 Å². The van der Waals surface area contributed by atoms with E-state index in [0.717, 1.165) is 0 Å². The minimum atomic E-state index is -0.110. The third kappa shape index (κ3) is 2.68. The molecule has 1 aromatic rings. The van der Waals surface area contributed by atoms with Crippen molar-refractivity contribution in [3.8, 4) is 0 Å². The predicted molar refractivity (Wildman–Crippen MR) is 73.4 cm³/mol. The third-order valence-corrected chi connectivity index (χ3v) is 3.68. The van der Waals surface area contributed by atoms with Crippen molar-refractivity contribution >= 4 is 34.8 Å². The number of halogens is 2. The van der Waals surface area contributed by atoms with Gasteiger partial charge < -0.3 is 5.32 Å². The van der Waals surface area contributed by atoms with E-state index in [1.54, 1.807) is 30.6 Å². The fraction of sp³-hybridized carbons (Fsp3) is 0.385. The molecule has 1 N–H and O–H groups in total. The lowest BCUT2D eigenvalue weighted by Gasteiger charge is -2.05. The summed E-state index contributed by atoms with van der Waals surface area (Å²) in [5.41, 5.74) is 0.589. The molecule has 3 nitrogen and oxygen atoms in total. The van der Waals surface area contributed by atoms with E-state index in [0.29, 0.717) is 5.69 Å². The van der Waals surface area contributed by atoms with E-state index in [-0.39, 0.29) is 27.6 Å². The summed E-state index contributed by atoms with van der Waals surface area (Å²) >= 11 is 11.3. The Morgan fingerprint density at radius 2 is 2.22 bits per heavy atom. The van der Waals surface area contributed by atoms with Crippen molar-refractivity contribution in [1.29, 1.82) is 0 Å². The largest absolute Gasteiger partial charge is 0.324 e. The first-order valence-corrected chi connectivity index (χ1v) is 6.42. The number of aromatic nitrogens is 1. The van der Waals surface area contributed by atoms with Crippen LogP contribution in [0.1, 0.15) is 13.8 Å². The van der Waals surface area contributed by atoms with Crippen LogP contribution in [-0.2, 0) is 4.79 Å². The van der Waals surface area contributed by atoms with Gasteiger partial charge in [-0.1, -0.05) is 37.0 Å². The molecule has 0 aliphatic heterocycles. The molecule has 0 bridgehead atoms. The molecule has 1 aliphatic rings. The van der Waals surface area contributed by atoms with Gasteiger partial charge in [0.15, 0.2) is 0 Å². The van der Waals surface area contributed by atoms with Gasteiger partial charge in [-0.2, -0.15) is 0 Å². The molecule has 2 rings (SSSR count). The fourth-order valence-corrected chi connectivity index (χ4v) is 2.55. The Balaban J connectivity index is 2.05. The number of carbonyl (C=O) groups excluding carboxylic acids is 1. The zero-order valence-electron chi connectivity index (χ0n) is 10.2. The number of hydrogen-bond acceptors (Lipinski definition) is 2.